The molecule has 1 aromatic carbocycles. The Bertz CT molecular complexity index is 645. The van der Waals surface area contributed by atoms with Crippen molar-refractivity contribution in [2.24, 2.45) is 0 Å². The van der Waals surface area contributed by atoms with E-state index in [-0.39, 0.29) is 0 Å². The summed E-state index contributed by atoms with van der Waals surface area (Å²) in [5, 5.41) is 4.40. The van der Waals surface area contributed by atoms with Crippen molar-refractivity contribution in [1.82, 2.24) is 10.3 Å². The third-order valence-corrected chi connectivity index (χ3v) is 3.12. The van der Waals surface area contributed by atoms with E-state index in [0.717, 1.165) is 28.2 Å². The Labute approximate surface area is 111 Å². The SMILES string of the molecule is Cc1nc(CNCc2cc3ccccc3o2)oc1C. The van der Waals surface area contributed by atoms with Gasteiger partial charge < -0.3 is 14.2 Å². The van der Waals surface area contributed by atoms with Crippen LogP contribution in [-0.2, 0) is 13.1 Å². The predicted octanol–water partition coefficient (Wildman–Crippen LogP) is 3.33. The van der Waals surface area contributed by atoms with Crippen molar-refractivity contribution in [3.05, 3.63) is 53.4 Å². The van der Waals surface area contributed by atoms with Crippen molar-refractivity contribution >= 4 is 11.0 Å². The smallest absolute Gasteiger partial charge is 0.208 e. The molecule has 0 amide bonds. The molecule has 4 nitrogen and oxygen atoms in total. The number of nitrogens with zero attached hydrogens (tertiary/aromatic N) is 1. The van der Waals surface area contributed by atoms with Crippen molar-refractivity contribution in [3.63, 3.8) is 0 Å². The second-order valence-corrected chi connectivity index (χ2v) is 4.60. The molecule has 0 spiro atoms. The van der Waals surface area contributed by atoms with Crippen LogP contribution < -0.4 is 5.32 Å². The summed E-state index contributed by atoms with van der Waals surface area (Å²) in [5.74, 6) is 2.51. The zero-order valence-corrected chi connectivity index (χ0v) is 11.1. The van der Waals surface area contributed by atoms with Crippen molar-refractivity contribution in [2.75, 3.05) is 0 Å². The molecule has 0 aliphatic heterocycles. The molecule has 0 aliphatic rings. The minimum Gasteiger partial charge on any atom is -0.460 e. The summed E-state index contributed by atoms with van der Waals surface area (Å²) in [4.78, 5) is 4.32. The van der Waals surface area contributed by atoms with E-state index < -0.39 is 0 Å². The fraction of sp³-hybridized carbons (Fsp3) is 0.267. The number of aryl methyl sites for hydroxylation is 2. The van der Waals surface area contributed by atoms with Crippen molar-refractivity contribution < 1.29 is 8.83 Å². The maximum absolute atomic E-state index is 5.72. The van der Waals surface area contributed by atoms with Gasteiger partial charge in [-0.3, -0.25) is 0 Å². The van der Waals surface area contributed by atoms with Crippen LogP contribution in [0.5, 0.6) is 0 Å². The van der Waals surface area contributed by atoms with Crippen LogP contribution in [0.25, 0.3) is 11.0 Å². The lowest BCUT2D eigenvalue weighted by molar-refractivity contribution is 0.436. The summed E-state index contributed by atoms with van der Waals surface area (Å²) in [6.45, 7) is 5.13. The lowest BCUT2D eigenvalue weighted by atomic mass is 10.2. The highest BCUT2D eigenvalue weighted by Crippen LogP contribution is 2.18. The van der Waals surface area contributed by atoms with E-state index in [1.807, 2.05) is 44.2 Å². The number of furan rings is 1. The summed E-state index contributed by atoms with van der Waals surface area (Å²) in [6, 6.07) is 10.0. The van der Waals surface area contributed by atoms with E-state index in [9.17, 15) is 0 Å². The van der Waals surface area contributed by atoms with Crippen LogP contribution >= 0.6 is 0 Å². The molecule has 0 bridgehead atoms. The molecule has 3 aromatic rings. The largest absolute Gasteiger partial charge is 0.460 e. The monoisotopic (exact) mass is 256 g/mol. The first-order valence-electron chi connectivity index (χ1n) is 6.33. The van der Waals surface area contributed by atoms with Crippen LogP contribution in [0.15, 0.2) is 39.2 Å². The van der Waals surface area contributed by atoms with Gasteiger partial charge in [0.2, 0.25) is 5.89 Å². The van der Waals surface area contributed by atoms with Gasteiger partial charge in [0, 0.05) is 5.39 Å². The molecular weight excluding hydrogens is 240 g/mol. The van der Waals surface area contributed by atoms with Gasteiger partial charge in [-0.15, -0.1) is 0 Å². The van der Waals surface area contributed by atoms with Gasteiger partial charge in [0.25, 0.3) is 0 Å². The minimum absolute atomic E-state index is 0.603. The Balaban J connectivity index is 1.63. The van der Waals surface area contributed by atoms with Gasteiger partial charge in [0.1, 0.15) is 17.1 Å². The maximum atomic E-state index is 5.72. The van der Waals surface area contributed by atoms with Crippen LogP contribution in [0, 0.1) is 13.8 Å². The fourth-order valence-corrected chi connectivity index (χ4v) is 2.03. The number of fused-ring (bicyclic) bond motifs is 1. The molecule has 98 valence electrons. The highest BCUT2D eigenvalue weighted by molar-refractivity contribution is 5.77. The molecule has 0 saturated carbocycles. The molecular formula is C15H16N2O2. The maximum Gasteiger partial charge on any atom is 0.208 e. The average molecular weight is 256 g/mol. The fourth-order valence-electron chi connectivity index (χ4n) is 2.03. The Kier molecular flexibility index (Phi) is 3.09. The second-order valence-electron chi connectivity index (χ2n) is 4.60. The molecule has 0 aliphatic carbocycles. The summed E-state index contributed by atoms with van der Waals surface area (Å²) in [5.41, 5.74) is 1.86. The van der Waals surface area contributed by atoms with Gasteiger partial charge in [-0.2, -0.15) is 0 Å². The molecule has 3 rings (SSSR count). The second kappa shape index (κ2) is 4.90. The lowest BCUT2D eigenvalue weighted by Crippen LogP contribution is -2.12. The summed E-state index contributed by atoms with van der Waals surface area (Å²) < 4.78 is 11.2. The number of benzene rings is 1. The Hall–Kier alpha value is -2.07. The van der Waals surface area contributed by atoms with Crippen LogP contribution in [0.1, 0.15) is 23.1 Å². The molecule has 1 N–H and O–H groups in total. The van der Waals surface area contributed by atoms with Crippen molar-refractivity contribution in [2.45, 2.75) is 26.9 Å². The number of para-hydroxylation sites is 1. The van der Waals surface area contributed by atoms with Crippen LogP contribution in [0.3, 0.4) is 0 Å². The Morgan fingerprint density at radius 1 is 1.11 bits per heavy atom. The van der Waals surface area contributed by atoms with E-state index in [1.54, 1.807) is 0 Å². The summed E-state index contributed by atoms with van der Waals surface area (Å²) in [6.07, 6.45) is 0. The first kappa shape index (κ1) is 12.0. The molecule has 4 heteroatoms. The third kappa shape index (κ3) is 2.53. The van der Waals surface area contributed by atoms with Crippen LogP contribution in [0.4, 0.5) is 0 Å². The Morgan fingerprint density at radius 2 is 1.95 bits per heavy atom. The van der Waals surface area contributed by atoms with E-state index >= 15 is 0 Å². The van der Waals surface area contributed by atoms with Gasteiger partial charge in [-0.1, -0.05) is 18.2 Å². The number of oxazole rings is 1. The van der Waals surface area contributed by atoms with Gasteiger partial charge >= 0.3 is 0 Å². The van der Waals surface area contributed by atoms with Gasteiger partial charge in [0.05, 0.1) is 18.8 Å². The molecule has 2 heterocycles. The highest BCUT2D eigenvalue weighted by atomic mass is 16.4. The predicted molar refractivity (Wildman–Crippen MR) is 72.7 cm³/mol. The Morgan fingerprint density at radius 3 is 2.68 bits per heavy atom. The molecule has 0 atom stereocenters. The first-order chi connectivity index (χ1) is 9.22. The zero-order valence-electron chi connectivity index (χ0n) is 11.1. The number of rotatable bonds is 4. The lowest BCUT2D eigenvalue weighted by Gasteiger charge is -1.98. The number of aromatic nitrogens is 1. The number of hydrogen-bond acceptors (Lipinski definition) is 4. The van der Waals surface area contributed by atoms with E-state index in [2.05, 4.69) is 10.3 Å². The van der Waals surface area contributed by atoms with E-state index in [4.69, 9.17) is 8.83 Å². The van der Waals surface area contributed by atoms with Crippen molar-refractivity contribution in [1.29, 1.82) is 0 Å². The molecule has 2 aromatic heterocycles. The van der Waals surface area contributed by atoms with E-state index in [0.29, 0.717) is 19.0 Å². The minimum atomic E-state index is 0.603. The van der Waals surface area contributed by atoms with Crippen molar-refractivity contribution in [3.8, 4) is 0 Å². The first-order valence-corrected chi connectivity index (χ1v) is 6.33. The normalized spacial score (nSPS) is 11.3. The van der Waals surface area contributed by atoms with Gasteiger partial charge in [0.15, 0.2) is 0 Å². The molecule has 0 fully saturated rings. The van der Waals surface area contributed by atoms with Crippen LogP contribution in [-0.4, -0.2) is 4.98 Å². The van der Waals surface area contributed by atoms with Gasteiger partial charge in [-0.25, -0.2) is 4.98 Å². The molecule has 0 unspecified atom stereocenters. The van der Waals surface area contributed by atoms with E-state index in [1.165, 1.54) is 0 Å². The topological polar surface area (TPSA) is 51.2 Å². The molecule has 0 radical (unpaired) electrons. The summed E-state index contributed by atoms with van der Waals surface area (Å²) in [7, 11) is 0. The third-order valence-electron chi connectivity index (χ3n) is 3.12. The standard InChI is InChI=1S/C15H16N2O2/c1-10-11(2)18-15(17-10)9-16-8-13-7-12-5-3-4-6-14(12)19-13/h3-7,16H,8-9H2,1-2H3. The zero-order chi connectivity index (χ0) is 13.2. The van der Waals surface area contributed by atoms with Crippen LogP contribution in [0.2, 0.25) is 0 Å². The molecule has 19 heavy (non-hydrogen) atoms. The van der Waals surface area contributed by atoms with Gasteiger partial charge in [-0.05, 0) is 26.0 Å². The number of hydrogen-bond donors (Lipinski definition) is 1. The molecule has 0 saturated heterocycles. The summed E-state index contributed by atoms with van der Waals surface area (Å²) >= 11 is 0. The number of nitrogens with one attached hydrogen (secondary N) is 1. The average Bonchev–Trinajstić information content (AvgIpc) is 2.93. The quantitative estimate of drug-likeness (QED) is 0.778. The highest BCUT2D eigenvalue weighted by Gasteiger charge is 2.06.